The van der Waals surface area contributed by atoms with Crippen LogP contribution < -0.4 is 4.74 Å². The Bertz CT molecular complexity index is 693. The van der Waals surface area contributed by atoms with Gasteiger partial charge in [0.1, 0.15) is 12.4 Å². The molecule has 23 heavy (non-hydrogen) atoms. The minimum absolute atomic E-state index is 0.116. The van der Waals surface area contributed by atoms with Gasteiger partial charge in [-0.05, 0) is 31.9 Å². The van der Waals surface area contributed by atoms with Crippen molar-refractivity contribution in [2.75, 3.05) is 13.7 Å². The van der Waals surface area contributed by atoms with E-state index in [9.17, 15) is 4.79 Å². The molecule has 122 valence electrons. The molecule has 0 aliphatic carbocycles. The van der Waals surface area contributed by atoms with Crippen LogP contribution in [0.5, 0.6) is 5.75 Å². The molecule has 0 bridgehead atoms. The second-order valence-corrected chi connectivity index (χ2v) is 6.44. The van der Waals surface area contributed by atoms with Crippen LogP contribution in [-0.2, 0) is 17.8 Å². The number of ether oxygens (including phenoxy) is 1. The van der Waals surface area contributed by atoms with Crippen molar-refractivity contribution in [2.45, 2.75) is 32.9 Å². The fourth-order valence-corrected chi connectivity index (χ4v) is 2.89. The first kappa shape index (κ1) is 15.6. The lowest BCUT2D eigenvalue weighted by Crippen LogP contribution is -2.38. The molecule has 0 unspecified atom stereocenters. The van der Waals surface area contributed by atoms with Crippen molar-refractivity contribution < 1.29 is 9.53 Å². The maximum Gasteiger partial charge on any atom is 0.229 e. The number of rotatable bonds is 4. The van der Waals surface area contributed by atoms with Crippen LogP contribution in [0.15, 0.2) is 36.7 Å². The van der Waals surface area contributed by atoms with Gasteiger partial charge in [-0.25, -0.2) is 0 Å². The Labute approximate surface area is 136 Å². The molecule has 1 aromatic heterocycles. The van der Waals surface area contributed by atoms with E-state index in [-0.39, 0.29) is 11.8 Å². The molecule has 5 heteroatoms. The lowest BCUT2D eigenvalue weighted by molar-refractivity contribution is -0.136. The summed E-state index contributed by atoms with van der Waals surface area (Å²) >= 11 is 0. The minimum atomic E-state index is -0.116. The third-order valence-corrected chi connectivity index (χ3v) is 4.21. The van der Waals surface area contributed by atoms with Gasteiger partial charge in [0.05, 0.1) is 12.1 Å². The summed E-state index contributed by atoms with van der Waals surface area (Å²) in [7, 11) is 1.84. The van der Waals surface area contributed by atoms with Crippen molar-refractivity contribution in [1.82, 2.24) is 14.7 Å². The molecule has 0 saturated heterocycles. The molecule has 1 aliphatic heterocycles. The van der Waals surface area contributed by atoms with E-state index in [2.05, 4.69) is 18.9 Å². The number of fused-ring (bicyclic) bond motifs is 1. The van der Waals surface area contributed by atoms with Crippen LogP contribution in [0.25, 0.3) is 0 Å². The van der Waals surface area contributed by atoms with E-state index < -0.39 is 0 Å². The summed E-state index contributed by atoms with van der Waals surface area (Å²) in [5.74, 6) is 0.907. The van der Waals surface area contributed by atoms with Crippen molar-refractivity contribution in [1.29, 1.82) is 0 Å². The number of hydrogen-bond donors (Lipinski definition) is 0. The minimum Gasteiger partial charge on any atom is -0.492 e. The maximum absolute atomic E-state index is 12.7. The number of carbonyl (C=O) groups is 1. The Morgan fingerprint density at radius 2 is 2.22 bits per heavy atom. The van der Waals surface area contributed by atoms with Gasteiger partial charge in [0.15, 0.2) is 0 Å². The Balaban J connectivity index is 1.63. The lowest BCUT2D eigenvalue weighted by atomic mass is 9.95. The zero-order valence-corrected chi connectivity index (χ0v) is 13.9. The number of amides is 1. The van der Waals surface area contributed by atoms with E-state index in [0.717, 1.165) is 23.3 Å². The van der Waals surface area contributed by atoms with E-state index in [0.29, 0.717) is 19.2 Å². The van der Waals surface area contributed by atoms with Gasteiger partial charge in [-0.3, -0.25) is 9.48 Å². The highest BCUT2D eigenvalue weighted by molar-refractivity contribution is 5.79. The van der Waals surface area contributed by atoms with Crippen LogP contribution in [0.1, 0.15) is 31.0 Å². The van der Waals surface area contributed by atoms with Crippen LogP contribution in [0.2, 0.25) is 0 Å². The van der Waals surface area contributed by atoms with Crippen molar-refractivity contribution in [2.24, 2.45) is 5.92 Å². The van der Waals surface area contributed by atoms with E-state index in [1.165, 1.54) is 0 Å². The normalized spacial score (nSPS) is 16.8. The molecule has 2 heterocycles. The number of para-hydroxylation sites is 1. The van der Waals surface area contributed by atoms with Gasteiger partial charge in [0.25, 0.3) is 0 Å². The van der Waals surface area contributed by atoms with Crippen molar-refractivity contribution >= 4 is 5.91 Å². The summed E-state index contributed by atoms with van der Waals surface area (Å²) in [5, 5.41) is 4.32. The van der Waals surface area contributed by atoms with Crippen molar-refractivity contribution in [3.8, 4) is 5.75 Å². The Morgan fingerprint density at radius 3 is 2.96 bits per heavy atom. The van der Waals surface area contributed by atoms with E-state index >= 15 is 0 Å². The molecule has 0 saturated carbocycles. The largest absolute Gasteiger partial charge is 0.492 e. The standard InChI is InChI=1S/C18H23N3O2/c1-13(2)21-11-14(9-19-21)10-20(3)18(22)16-8-15-6-4-5-7-17(15)23-12-16/h4-7,9,11,13,16H,8,10,12H2,1-3H3/t16-/m0/s1. The monoisotopic (exact) mass is 313 g/mol. The highest BCUT2D eigenvalue weighted by atomic mass is 16.5. The molecule has 3 rings (SSSR count). The third kappa shape index (κ3) is 3.38. The topological polar surface area (TPSA) is 47.4 Å². The number of hydrogen-bond acceptors (Lipinski definition) is 3. The smallest absolute Gasteiger partial charge is 0.229 e. The average Bonchev–Trinajstić information content (AvgIpc) is 3.02. The molecule has 0 radical (unpaired) electrons. The fraction of sp³-hybridized carbons (Fsp3) is 0.444. The Kier molecular flexibility index (Phi) is 4.37. The highest BCUT2D eigenvalue weighted by Crippen LogP contribution is 2.27. The molecule has 1 amide bonds. The van der Waals surface area contributed by atoms with Crippen molar-refractivity contribution in [3.05, 3.63) is 47.8 Å². The molecule has 0 N–H and O–H groups in total. The molecular formula is C18H23N3O2. The quantitative estimate of drug-likeness (QED) is 0.872. The molecule has 1 aromatic carbocycles. The number of benzene rings is 1. The average molecular weight is 313 g/mol. The fourth-order valence-electron chi connectivity index (χ4n) is 2.89. The SMILES string of the molecule is CC(C)n1cc(CN(C)C(=O)[C@@H]2COc3ccccc3C2)cn1. The van der Waals surface area contributed by atoms with Gasteiger partial charge < -0.3 is 9.64 Å². The Morgan fingerprint density at radius 1 is 1.43 bits per heavy atom. The van der Waals surface area contributed by atoms with Crippen LogP contribution in [0.4, 0.5) is 0 Å². The van der Waals surface area contributed by atoms with Crippen LogP contribution in [-0.4, -0.2) is 34.2 Å². The zero-order chi connectivity index (χ0) is 16.4. The number of aromatic nitrogens is 2. The highest BCUT2D eigenvalue weighted by Gasteiger charge is 2.28. The zero-order valence-electron chi connectivity index (χ0n) is 13.9. The first-order valence-electron chi connectivity index (χ1n) is 8.03. The summed E-state index contributed by atoms with van der Waals surface area (Å²) in [6.07, 6.45) is 4.57. The molecule has 1 atom stereocenters. The van der Waals surface area contributed by atoms with Crippen molar-refractivity contribution in [3.63, 3.8) is 0 Å². The molecule has 0 spiro atoms. The summed E-state index contributed by atoms with van der Waals surface area (Å²) in [5.41, 5.74) is 2.16. The summed E-state index contributed by atoms with van der Waals surface area (Å²) in [6, 6.07) is 8.26. The maximum atomic E-state index is 12.7. The van der Waals surface area contributed by atoms with Crippen LogP contribution >= 0.6 is 0 Å². The predicted octanol–water partition coefficient (Wildman–Crippen LogP) is 2.67. The van der Waals surface area contributed by atoms with Gasteiger partial charge >= 0.3 is 0 Å². The molecule has 0 fully saturated rings. The summed E-state index contributed by atoms with van der Waals surface area (Å²) in [6.45, 7) is 5.19. The number of carbonyl (C=O) groups excluding carboxylic acids is 1. The summed E-state index contributed by atoms with van der Waals surface area (Å²) in [4.78, 5) is 14.4. The molecule has 2 aromatic rings. The van der Waals surface area contributed by atoms with E-state index in [1.54, 1.807) is 4.90 Å². The van der Waals surface area contributed by atoms with Crippen LogP contribution in [0, 0.1) is 5.92 Å². The second kappa shape index (κ2) is 6.44. The second-order valence-electron chi connectivity index (χ2n) is 6.44. The summed E-state index contributed by atoms with van der Waals surface area (Å²) < 4.78 is 7.64. The third-order valence-electron chi connectivity index (χ3n) is 4.21. The van der Waals surface area contributed by atoms with Gasteiger partial charge in [0.2, 0.25) is 5.91 Å². The molecular weight excluding hydrogens is 290 g/mol. The van der Waals surface area contributed by atoms with Gasteiger partial charge in [-0.1, -0.05) is 18.2 Å². The first-order valence-corrected chi connectivity index (χ1v) is 8.03. The predicted molar refractivity (Wildman–Crippen MR) is 88.2 cm³/mol. The Hall–Kier alpha value is -2.30. The molecule has 5 nitrogen and oxygen atoms in total. The van der Waals surface area contributed by atoms with Crippen LogP contribution in [0.3, 0.4) is 0 Å². The van der Waals surface area contributed by atoms with E-state index in [4.69, 9.17) is 4.74 Å². The molecule has 1 aliphatic rings. The first-order chi connectivity index (χ1) is 11.0. The van der Waals surface area contributed by atoms with Gasteiger partial charge in [0, 0.05) is 31.4 Å². The van der Waals surface area contributed by atoms with Gasteiger partial charge in [-0.15, -0.1) is 0 Å². The van der Waals surface area contributed by atoms with Gasteiger partial charge in [-0.2, -0.15) is 5.10 Å². The lowest BCUT2D eigenvalue weighted by Gasteiger charge is -2.28. The number of nitrogens with zero attached hydrogens (tertiary/aromatic N) is 3. The van der Waals surface area contributed by atoms with E-state index in [1.807, 2.05) is 48.4 Å².